The number of anilines is 1. The van der Waals surface area contributed by atoms with Gasteiger partial charge in [-0.05, 0) is 36.0 Å². The Balaban J connectivity index is 1.87. The highest BCUT2D eigenvalue weighted by molar-refractivity contribution is 5.97. The SMILES string of the molecule is C[C@H](C(=O)N1CCc2cc(C(C)(C)C)ccc21)n1cncn1. The van der Waals surface area contributed by atoms with Crippen LogP contribution in [0.15, 0.2) is 30.9 Å². The summed E-state index contributed by atoms with van der Waals surface area (Å²) in [4.78, 5) is 18.5. The highest BCUT2D eigenvalue weighted by Gasteiger charge is 2.30. The normalized spacial score (nSPS) is 15.7. The number of carbonyl (C=O) groups excluding carboxylic acids is 1. The fraction of sp³-hybridized carbons (Fsp3) is 0.471. The Morgan fingerprint density at radius 3 is 2.73 bits per heavy atom. The van der Waals surface area contributed by atoms with Crippen LogP contribution in [0, 0.1) is 0 Å². The van der Waals surface area contributed by atoms with Crippen LogP contribution in [0.3, 0.4) is 0 Å². The van der Waals surface area contributed by atoms with Crippen molar-refractivity contribution in [3.8, 4) is 0 Å². The lowest BCUT2D eigenvalue weighted by molar-refractivity contribution is -0.121. The maximum absolute atomic E-state index is 12.7. The fourth-order valence-electron chi connectivity index (χ4n) is 2.85. The highest BCUT2D eigenvalue weighted by Crippen LogP contribution is 2.33. The maximum Gasteiger partial charge on any atom is 0.251 e. The predicted octanol–water partition coefficient (Wildman–Crippen LogP) is 2.73. The van der Waals surface area contributed by atoms with Crippen molar-refractivity contribution in [1.82, 2.24) is 14.8 Å². The first kappa shape index (κ1) is 14.8. The van der Waals surface area contributed by atoms with Gasteiger partial charge in [0.2, 0.25) is 0 Å². The van der Waals surface area contributed by atoms with Crippen LogP contribution in [0.1, 0.15) is 44.9 Å². The molecule has 5 nitrogen and oxygen atoms in total. The van der Waals surface area contributed by atoms with Gasteiger partial charge in [-0.2, -0.15) is 5.10 Å². The van der Waals surface area contributed by atoms with Gasteiger partial charge in [-0.1, -0.05) is 32.9 Å². The molecule has 0 saturated carbocycles. The molecule has 22 heavy (non-hydrogen) atoms. The van der Waals surface area contributed by atoms with Crippen LogP contribution in [-0.4, -0.2) is 27.2 Å². The molecule has 0 fully saturated rings. The third-order valence-corrected chi connectivity index (χ3v) is 4.30. The maximum atomic E-state index is 12.7. The molecule has 5 heteroatoms. The molecule has 0 bridgehead atoms. The van der Waals surface area contributed by atoms with E-state index < -0.39 is 0 Å². The average molecular weight is 298 g/mol. The molecule has 0 radical (unpaired) electrons. The van der Waals surface area contributed by atoms with Gasteiger partial charge in [-0.25, -0.2) is 9.67 Å². The first-order valence-electron chi connectivity index (χ1n) is 7.67. The van der Waals surface area contributed by atoms with Crippen LogP contribution in [0.25, 0.3) is 0 Å². The molecular weight excluding hydrogens is 276 g/mol. The number of hydrogen-bond donors (Lipinski definition) is 0. The summed E-state index contributed by atoms with van der Waals surface area (Å²) < 4.78 is 1.60. The molecule has 1 amide bonds. The minimum absolute atomic E-state index is 0.0627. The Morgan fingerprint density at radius 2 is 2.09 bits per heavy atom. The lowest BCUT2D eigenvalue weighted by Gasteiger charge is -2.23. The molecule has 1 aliphatic rings. The molecule has 0 saturated heterocycles. The summed E-state index contributed by atoms with van der Waals surface area (Å²) in [6.07, 6.45) is 3.95. The Hall–Kier alpha value is -2.17. The summed E-state index contributed by atoms with van der Waals surface area (Å²) in [5.41, 5.74) is 3.72. The van der Waals surface area contributed by atoms with Crippen molar-refractivity contribution in [2.75, 3.05) is 11.4 Å². The predicted molar refractivity (Wildman–Crippen MR) is 85.9 cm³/mol. The summed E-state index contributed by atoms with van der Waals surface area (Å²) in [7, 11) is 0. The fourth-order valence-corrected chi connectivity index (χ4v) is 2.85. The van der Waals surface area contributed by atoms with Gasteiger partial charge in [0.25, 0.3) is 5.91 Å². The highest BCUT2D eigenvalue weighted by atomic mass is 16.2. The molecule has 2 aromatic rings. The van der Waals surface area contributed by atoms with E-state index in [9.17, 15) is 4.79 Å². The van der Waals surface area contributed by atoms with Gasteiger partial charge in [-0.3, -0.25) is 4.79 Å². The standard InChI is InChI=1S/C17H22N4O/c1-12(21-11-18-10-19-21)16(22)20-8-7-13-9-14(17(2,3)4)5-6-15(13)20/h5-6,9-12H,7-8H2,1-4H3/t12-/m1/s1. The summed E-state index contributed by atoms with van der Waals surface area (Å²) in [5.74, 6) is 0.0627. The number of hydrogen-bond acceptors (Lipinski definition) is 3. The molecule has 0 unspecified atom stereocenters. The molecule has 2 heterocycles. The number of carbonyl (C=O) groups is 1. The van der Waals surface area contributed by atoms with Crippen LogP contribution >= 0.6 is 0 Å². The van der Waals surface area contributed by atoms with Crippen molar-refractivity contribution in [2.24, 2.45) is 0 Å². The molecule has 0 N–H and O–H groups in total. The quantitative estimate of drug-likeness (QED) is 0.856. The van der Waals surface area contributed by atoms with Gasteiger partial charge in [0.1, 0.15) is 18.7 Å². The van der Waals surface area contributed by atoms with Gasteiger partial charge in [0, 0.05) is 12.2 Å². The molecule has 1 aromatic heterocycles. The van der Waals surface area contributed by atoms with E-state index in [0.717, 1.165) is 18.7 Å². The first-order valence-corrected chi connectivity index (χ1v) is 7.67. The zero-order chi connectivity index (χ0) is 15.9. The molecule has 0 aliphatic carbocycles. The van der Waals surface area contributed by atoms with Crippen LogP contribution in [-0.2, 0) is 16.6 Å². The van der Waals surface area contributed by atoms with E-state index in [1.807, 2.05) is 11.8 Å². The number of nitrogens with zero attached hydrogens (tertiary/aromatic N) is 4. The van der Waals surface area contributed by atoms with E-state index in [0.29, 0.717) is 0 Å². The summed E-state index contributed by atoms with van der Waals surface area (Å²) >= 11 is 0. The van der Waals surface area contributed by atoms with Crippen molar-refractivity contribution < 1.29 is 4.79 Å². The minimum Gasteiger partial charge on any atom is -0.310 e. The van der Waals surface area contributed by atoms with E-state index in [4.69, 9.17) is 0 Å². The Labute approximate surface area is 131 Å². The van der Waals surface area contributed by atoms with Crippen molar-refractivity contribution in [3.05, 3.63) is 42.0 Å². The van der Waals surface area contributed by atoms with E-state index in [2.05, 4.69) is 49.1 Å². The second kappa shape index (κ2) is 5.23. The van der Waals surface area contributed by atoms with Crippen molar-refractivity contribution in [3.63, 3.8) is 0 Å². The topological polar surface area (TPSA) is 51.0 Å². The number of fused-ring (bicyclic) bond motifs is 1. The Bertz CT molecular complexity index is 685. The summed E-state index contributed by atoms with van der Waals surface area (Å²) in [6.45, 7) is 9.22. The van der Waals surface area contributed by atoms with Gasteiger partial charge >= 0.3 is 0 Å². The molecule has 1 aromatic carbocycles. The summed E-state index contributed by atoms with van der Waals surface area (Å²) in [6, 6.07) is 6.11. The Kier molecular flexibility index (Phi) is 3.51. The van der Waals surface area contributed by atoms with E-state index >= 15 is 0 Å². The Morgan fingerprint density at radius 1 is 1.32 bits per heavy atom. The molecule has 1 aliphatic heterocycles. The third kappa shape index (κ3) is 2.51. The van der Waals surface area contributed by atoms with Crippen molar-refractivity contribution in [2.45, 2.75) is 45.6 Å². The number of amides is 1. The number of rotatable bonds is 2. The lowest BCUT2D eigenvalue weighted by atomic mass is 9.86. The number of benzene rings is 1. The van der Waals surface area contributed by atoms with E-state index in [1.54, 1.807) is 11.0 Å². The first-order chi connectivity index (χ1) is 10.4. The van der Waals surface area contributed by atoms with Crippen molar-refractivity contribution in [1.29, 1.82) is 0 Å². The summed E-state index contributed by atoms with van der Waals surface area (Å²) in [5, 5.41) is 4.07. The second-order valence-electron chi connectivity index (χ2n) is 6.88. The van der Waals surface area contributed by atoms with Gasteiger partial charge in [0.15, 0.2) is 0 Å². The average Bonchev–Trinajstić information content (AvgIpc) is 3.13. The number of aromatic nitrogens is 3. The molecule has 3 rings (SSSR count). The molecule has 1 atom stereocenters. The largest absolute Gasteiger partial charge is 0.310 e. The van der Waals surface area contributed by atoms with Gasteiger partial charge in [0.05, 0.1) is 0 Å². The third-order valence-electron chi connectivity index (χ3n) is 4.30. The van der Waals surface area contributed by atoms with Crippen LogP contribution in [0.4, 0.5) is 5.69 Å². The molecular formula is C17H22N4O. The second-order valence-corrected chi connectivity index (χ2v) is 6.88. The van der Waals surface area contributed by atoms with Crippen LogP contribution in [0.5, 0.6) is 0 Å². The zero-order valence-electron chi connectivity index (χ0n) is 13.6. The molecule has 116 valence electrons. The van der Waals surface area contributed by atoms with Gasteiger partial charge in [-0.15, -0.1) is 0 Å². The van der Waals surface area contributed by atoms with Crippen molar-refractivity contribution >= 4 is 11.6 Å². The smallest absolute Gasteiger partial charge is 0.251 e. The monoisotopic (exact) mass is 298 g/mol. The molecule has 0 spiro atoms. The van der Waals surface area contributed by atoms with E-state index in [-0.39, 0.29) is 17.4 Å². The van der Waals surface area contributed by atoms with Crippen LogP contribution < -0.4 is 4.90 Å². The van der Waals surface area contributed by atoms with E-state index in [1.165, 1.54) is 17.5 Å². The zero-order valence-corrected chi connectivity index (χ0v) is 13.6. The van der Waals surface area contributed by atoms with Crippen LogP contribution in [0.2, 0.25) is 0 Å². The minimum atomic E-state index is -0.337. The van der Waals surface area contributed by atoms with Gasteiger partial charge < -0.3 is 4.90 Å². The lowest BCUT2D eigenvalue weighted by Crippen LogP contribution is -2.35.